The zero-order valence-corrected chi connectivity index (χ0v) is 30.8. The first kappa shape index (κ1) is 40.9. The lowest BCUT2D eigenvalue weighted by Crippen LogP contribution is -2.32. The first-order valence-corrected chi connectivity index (χ1v) is 18.2. The van der Waals surface area contributed by atoms with Crippen molar-refractivity contribution < 1.29 is 40.5 Å². The first-order valence-electron chi connectivity index (χ1n) is 16.3. The van der Waals surface area contributed by atoms with Crippen LogP contribution in [0.4, 0.5) is 32.0 Å². The third-order valence-corrected chi connectivity index (χ3v) is 9.35. The summed E-state index contributed by atoms with van der Waals surface area (Å²) in [4.78, 5) is 28.9. The van der Waals surface area contributed by atoms with Gasteiger partial charge in [-0.1, -0.05) is 11.6 Å². The van der Waals surface area contributed by atoms with Gasteiger partial charge in [-0.25, -0.2) is 26.8 Å². The van der Waals surface area contributed by atoms with Crippen LogP contribution in [-0.2, 0) is 41.1 Å². The van der Waals surface area contributed by atoms with Crippen LogP contribution < -0.4 is 21.9 Å². The van der Waals surface area contributed by atoms with Gasteiger partial charge in [-0.3, -0.25) is 14.0 Å². The molecule has 292 valence electrons. The second-order valence-corrected chi connectivity index (χ2v) is 13.6. The Kier molecular flexibility index (Phi) is 12.4. The normalized spacial score (nSPS) is 14.7. The van der Waals surface area contributed by atoms with Crippen molar-refractivity contribution in [3.05, 3.63) is 109 Å². The Labute approximate surface area is 316 Å². The highest BCUT2D eigenvalue weighted by molar-refractivity contribution is 7.83. The van der Waals surface area contributed by atoms with Gasteiger partial charge in [0.1, 0.15) is 57.7 Å². The molecule has 6 rings (SSSR count). The average molecular weight is 811 g/mol. The van der Waals surface area contributed by atoms with E-state index < -0.39 is 70.9 Å². The van der Waals surface area contributed by atoms with Gasteiger partial charge in [0, 0.05) is 37.4 Å². The molecule has 1 aliphatic carbocycles. The van der Waals surface area contributed by atoms with Crippen molar-refractivity contribution in [3.8, 4) is 11.4 Å². The molecule has 5 N–H and O–H groups in total. The molecule has 12 nitrogen and oxygen atoms in total. The fourth-order valence-electron chi connectivity index (χ4n) is 6.34. The number of aromatic nitrogens is 4. The number of hydrogen-bond acceptors (Lipinski definition) is 8. The molecule has 0 radical (unpaired) electrons. The summed E-state index contributed by atoms with van der Waals surface area (Å²) in [5, 5.41) is 19.9. The third kappa shape index (κ3) is 8.52. The molecular formula is C35H33ClF6N8O4S. The maximum atomic E-state index is 14.0. The number of nitrogens with one attached hydrogen (secondary N) is 2. The van der Waals surface area contributed by atoms with Crippen LogP contribution in [0.3, 0.4) is 0 Å². The SMILES string of the molecule is CNc1c(-n2c(C(Cc3cc(F)cc(F)c3)NC)nc3cc(O)ccc3c2=O)ccc(Cl)c1/C(N)=N/S(C)=O.O=CCn1nc(C(F)F)c2c1C(F)(F)CC2. The van der Waals surface area contributed by atoms with Crippen LogP contribution in [0.1, 0.15) is 52.8 Å². The van der Waals surface area contributed by atoms with E-state index in [0.29, 0.717) is 27.9 Å². The molecule has 1 aliphatic rings. The Balaban J connectivity index is 0.000000301. The molecule has 3 aromatic carbocycles. The Morgan fingerprint density at radius 1 is 1.15 bits per heavy atom. The Morgan fingerprint density at radius 2 is 1.84 bits per heavy atom. The number of carbonyl (C=O) groups excluding carboxylic acids is 1. The largest absolute Gasteiger partial charge is 0.508 e. The van der Waals surface area contributed by atoms with E-state index >= 15 is 0 Å². The first-order chi connectivity index (χ1) is 26.0. The number of phenols is 1. The Morgan fingerprint density at radius 3 is 2.44 bits per heavy atom. The summed E-state index contributed by atoms with van der Waals surface area (Å²) in [5.74, 6) is -4.66. The summed E-state index contributed by atoms with van der Waals surface area (Å²) in [6.45, 7) is -0.426. The van der Waals surface area contributed by atoms with Crippen LogP contribution >= 0.6 is 11.6 Å². The lowest BCUT2D eigenvalue weighted by Gasteiger charge is -2.24. The van der Waals surface area contributed by atoms with E-state index in [-0.39, 0.29) is 57.3 Å². The number of carbonyl (C=O) groups is 1. The zero-order chi connectivity index (χ0) is 40.4. The molecular weight excluding hydrogens is 778 g/mol. The van der Waals surface area contributed by atoms with Crippen LogP contribution in [0.5, 0.6) is 5.75 Å². The van der Waals surface area contributed by atoms with Gasteiger partial charge < -0.3 is 26.3 Å². The number of amidine groups is 1. The van der Waals surface area contributed by atoms with Gasteiger partial charge in [-0.15, -0.1) is 0 Å². The minimum atomic E-state index is -3.17. The number of aldehydes is 1. The molecule has 55 heavy (non-hydrogen) atoms. The maximum Gasteiger partial charge on any atom is 0.290 e. The number of hydrogen-bond donors (Lipinski definition) is 4. The molecule has 2 aromatic heterocycles. The number of anilines is 1. The topological polar surface area (TPSA) is 170 Å². The third-order valence-electron chi connectivity index (χ3n) is 8.58. The average Bonchev–Trinajstić information content (AvgIpc) is 3.64. The lowest BCUT2D eigenvalue weighted by molar-refractivity contribution is -0.108. The summed E-state index contributed by atoms with van der Waals surface area (Å²) in [5.41, 5.74) is 5.76. The number of phenolic OH excluding ortho intramolecular Hbond substituents is 1. The molecule has 0 bridgehead atoms. The molecule has 0 saturated heterocycles. The Hall–Kier alpha value is -5.27. The molecule has 5 aromatic rings. The van der Waals surface area contributed by atoms with Gasteiger partial charge in [-0.2, -0.15) is 18.3 Å². The van der Waals surface area contributed by atoms with E-state index in [2.05, 4.69) is 25.1 Å². The molecule has 2 heterocycles. The van der Waals surface area contributed by atoms with E-state index in [0.717, 1.165) is 6.07 Å². The van der Waals surface area contributed by atoms with Crippen LogP contribution in [-0.4, -0.2) is 61.1 Å². The number of aromatic hydroxyl groups is 1. The van der Waals surface area contributed by atoms with Gasteiger partial charge in [0.05, 0.1) is 45.5 Å². The summed E-state index contributed by atoms with van der Waals surface area (Å²) < 4.78 is 97.4. The van der Waals surface area contributed by atoms with Crippen LogP contribution in [0.25, 0.3) is 16.6 Å². The minimum Gasteiger partial charge on any atom is -0.508 e. The van der Waals surface area contributed by atoms with Crippen molar-refractivity contribution in [2.75, 3.05) is 25.7 Å². The molecule has 2 atom stereocenters. The molecule has 0 aliphatic heterocycles. The smallest absolute Gasteiger partial charge is 0.290 e. The second-order valence-electron chi connectivity index (χ2n) is 12.2. The molecule has 2 unspecified atom stereocenters. The highest BCUT2D eigenvalue weighted by atomic mass is 35.5. The van der Waals surface area contributed by atoms with Crippen LogP contribution in [0.2, 0.25) is 5.02 Å². The lowest BCUT2D eigenvalue weighted by atomic mass is 10.0. The number of halogens is 7. The van der Waals surface area contributed by atoms with Gasteiger partial charge in [0.15, 0.2) is 0 Å². The van der Waals surface area contributed by atoms with Crippen molar-refractivity contribution in [2.45, 2.75) is 44.2 Å². The van der Waals surface area contributed by atoms with Crippen molar-refractivity contribution in [1.82, 2.24) is 24.6 Å². The fraction of sp³-hybridized carbons (Fsp3) is 0.286. The quantitative estimate of drug-likeness (QED) is 0.0573. The van der Waals surface area contributed by atoms with Gasteiger partial charge in [0.2, 0.25) is 0 Å². The predicted molar refractivity (Wildman–Crippen MR) is 196 cm³/mol. The number of alkyl halides is 4. The van der Waals surface area contributed by atoms with Crippen LogP contribution in [0.15, 0.2) is 57.7 Å². The predicted octanol–water partition coefficient (Wildman–Crippen LogP) is 5.62. The highest BCUT2D eigenvalue weighted by Gasteiger charge is 2.46. The summed E-state index contributed by atoms with van der Waals surface area (Å²) >= 11 is 6.45. The van der Waals surface area contributed by atoms with Crippen molar-refractivity contribution >= 4 is 51.3 Å². The monoisotopic (exact) mass is 810 g/mol. The van der Waals surface area contributed by atoms with E-state index in [1.165, 1.54) is 47.2 Å². The van der Waals surface area contributed by atoms with E-state index in [4.69, 9.17) is 17.3 Å². The summed E-state index contributed by atoms with van der Waals surface area (Å²) in [7, 11) is 1.59. The van der Waals surface area contributed by atoms with E-state index in [9.17, 15) is 45.2 Å². The number of nitrogens with two attached hydrogens (primary N) is 1. The fourth-order valence-corrected chi connectivity index (χ4v) is 6.96. The zero-order valence-electron chi connectivity index (χ0n) is 29.2. The standard InChI is InChI=1S/C26H25ClF2N6O3S.C9H8F4N2O/c1-31-20(10-13-8-14(28)11-15(29)9-13)25-33-19-12-16(36)4-5-17(19)26(37)35(25)21-7-6-18(27)22(23(21)32-2)24(30)34-39(3)38;10-8(11)6-5-1-2-9(12,13)7(5)15(14-6)3-4-16/h4-9,11-12,20,31-32,36H,10H2,1-3H3,(H2,30,34);4,8H,1-3H2. The molecule has 0 fully saturated rings. The summed E-state index contributed by atoms with van der Waals surface area (Å²) in [6.07, 6.45) is -1.75. The number of rotatable bonds is 11. The second kappa shape index (κ2) is 16.6. The van der Waals surface area contributed by atoms with Gasteiger partial charge >= 0.3 is 0 Å². The summed E-state index contributed by atoms with van der Waals surface area (Å²) in [6, 6.07) is 9.72. The van der Waals surface area contributed by atoms with Crippen molar-refractivity contribution in [1.29, 1.82) is 0 Å². The number of benzene rings is 3. The van der Waals surface area contributed by atoms with Crippen molar-refractivity contribution in [2.24, 2.45) is 10.1 Å². The molecule has 0 saturated carbocycles. The number of fused-ring (bicyclic) bond motifs is 2. The molecule has 0 amide bonds. The van der Waals surface area contributed by atoms with E-state index in [1.807, 2.05) is 0 Å². The number of nitrogens with zero attached hydrogens (tertiary/aromatic N) is 5. The van der Waals surface area contributed by atoms with Crippen molar-refractivity contribution in [3.63, 3.8) is 0 Å². The number of likely N-dealkylation sites (N-methyl/N-ethyl adjacent to an activating group) is 1. The highest BCUT2D eigenvalue weighted by Crippen LogP contribution is 2.44. The van der Waals surface area contributed by atoms with E-state index in [1.54, 1.807) is 20.2 Å². The maximum absolute atomic E-state index is 14.0. The molecule has 20 heteroatoms. The van der Waals surface area contributed by atoms with Gasteiger partial charge in [-0.05, 0) is 61.9 Å². The Bertz CT molecular complexity index is 2370. The minimum absolute atomic E-state index is 0.0652. The molecule has 0 spiro atoms. The van der Waals surface area contributed by atoms with Crippen LogP contribution in [0, 0.1) is 11.6 Å². The van der Waals surface area contributed by atoms with Gasteiger partial charge in [0.25, 0.3) is 17.9 Å².